The maximum Gasteiger partial charge on any atom is 0.352 e. The van der Waals surface area contributed by atoms with Crippen molar-refractivity contribution in [2.24, 2.45) is 0 Å². The summed E-state index contributed by atoms with van der Waals surface area (Å²) in [6.45, 7) is 6.47. The van der Waals surface area contributed by atoms with E-state index in [1.807, 2.05) is 32.9 Å². The number of aromatic carboxylic acids is 1. The zero-order valence-electron chi connectivity index (χ0n) is 11.3. The highest BCUT2D eigenvalue weighted by molar-refractivity contribution is 5.91. The topological polar surface area (TPSA) is 59.3 Å². The lowest BCUT2D eigenvalue weighted by Crippen LogP contribution is -2.18. The number of carboxylic acids is 1. The monoisotopic (exact) mass is 259 g/mol. The van der Waals surface area contributed by atoms with Crippen LogP contribution in [0.5, 0.6) is 0 Å². The van der Waals surface area contributed by atoms with Gasteiger partial charge < -0.3 is 9.67 Å². The molecule has 1 aromatic heterocycles. The molecular formula is C15H17NO3. The Balaban J connectivity index is 3.03. The van der Waals surface area contributed by atoms with Crippen LogP contribution in [0, 0.1) is 0 Å². The van der Waals surface area contributed by atoms with Crippen LogP contribution in [0.3, 0.4) is 0 Å². The first-order valence-corrected chi connectivity index (χ1v) is 6.37. The number of carboxylic acid groups (broad SMARTS) is 1. The number of hydrogen-bond donors (Lipinski definition) is 1. The molecule has 1 aromatic carbocycles. The van der Waals surface area contributed by atoms with Gasteiger partial charge in [-0.25, -0.2) is 4.79 Å². The molecule has 4 nitrogen and oxygen atoms in total. The standard InChI is InChI=1S/C15H17NO3/c1-4-16-12(15(18)19)8-13(17)11-7-5-6-10(9(2)3)14(11)16/h5-9H,4H2,1-3H3,(H,18,19). The molecule has 0 fully saturated rings. The fourth-order valence-electron chi connectivity index (χ4n) is 2.43. The average molecular weight is 259 g/mol. The average Bonchev–Trinajstić information content (AvgIpc) is 2.37. The molecule has 4 heteroatoms. The van der Waals surface area contributed by atoms with Gasteiger partial charge in [0.1, 0.15) is 5.69 Å². The van der Waals surface area contributed by atoms with E-state index in [0.29, 0.717) is 11.9 Å². The zero-order chi connectivity index (χ0) is 14.2. The molecule has 100 valence electrons. The zero-order valence-corrected chi connectivity index (χ0v) is 11.3. The van der Waals surface area contributed by atoms with Crippen LogP contribution in [-0.2, 0) is 6.54 Å². The molecule has 1 N–H and O–H groups in total. The quantitative estimate of drug-likeness (QED) is 0.922. The summed E-state index contributed by atoms with van der Waals surface area (Å²) in [7, 11) is 0. The van der Waals surface area contributed by atoms with Gasteiger partial charge >= 0.3 is 5.97 Å². The molecule has 0 bridgehead atoms. The number of nitrogens with zero attached hydrogens (tertiary/aromatic N) is 1. The van der Waals surface area contributed by atoms with Crippen LogP contribution in [0.25, 0.3) is 10.9 Å². The molecule has 2 aromatic rings. The van der Waals surface area contributed by atoms with E-state index in [-0.39, 0.29) is 17.0 Å². The van der Waals surface area contributed by atoms with Crippen LogP contribution < -0.4 is 5.43 Å². The van der Waals surface area contributed by atoms with Crippen molar-refractivity contribution in [2.75, 3.05) is 0 Å². The summed E-state index contributed by atoms with van der Waals surface area (Å²) < 4.78 is 1.70. The Bertz CT molecular complexity index is 698. The smallest absolute Gasteiger partial charge is 0.352 e. The summed E-state index contributed by atoms with van der Waals surface area (Å²) in [6.07, 6.45) is 0. The number of hydrogen-bond acceptors (Lipinski definition) is 2. The van der Waals surface area contributed by atoms with Gasteiger partial charge in [-0.05, 0) is 24.5 Å². The number of rotatable bonds is 3. The molecule has 0 atom stereocenters. The lowest BCUT2D eigenvalue weighted by atomic mass is 9.98. The number of carbonyl (C=O) groups is 1. The summed E-state index contributed by atoms with van der Waals surface area (Å²) in [6, 6.07) is 6.75. The minimum atomic E-state index is -1.07. The van der Waals surface area contributed by atoms with E-state index in [0.717, 1.165) is 11.1 Å². The first-order chi connectivity index (χ1) is 8.97. The van der Waals surface area contributed by atoms with Crippen molar-refractivity contribution in [3.63, 3.8) is 0 Å². The van der Waals surface area contributed by atoms with Crippen LogP contribution in [0.4, 0.5) is 0 Å². The number of pyridine rings is 1. The predicted molar refractivity (Wildman–Crippen MR) is 74.9 cm³/mol. The molecule has 0 aliphatic heterocycles. The number of fused-ring (bicyclic) bond motifs is 1. The molecule has 0 radical (unpaired) electrons. The van der Waals surface area contributed by atoms with Gasteiger partial charge in [-0.3, -0.25) is 4.79 Å². The molecule has 1 heterocycles. The van der Waals surface area contributed by atoms with Gasteiger partial charge in [0, 0.05) is 18.0 Å². The highest BCUT2D eigenvalue weighted by atomic mass is 16.4. The van der Waals surface area contributed by atoms with Crippen molar-refractivity contribution in [3.05, 3.63) is 45.7 Å². The molecule has 0 aliphatic carbocycles. The van der Waals surface area contributed by atoms with E-state index in [4.69, 9.17) is 0 Å². The van der Waals surface area contributed by atoms with E-state index in [2.05, 4.69) is 0 Å². The normalized spacial score (nSPS) is 11.2. The maximum atomic E-state index is 12.1. The summed E-state index contributed by atoms with van der Waals surface area (Å²) in [4.78, 5) is 23.4. The van der Waals surface area contributed by atoms with E-state index >= 15 is 0 Å². The van der Waals surface area contributed by atoms with Crippen molar-refractivity contribution in [2.45, 2.75) is 33.2 Å². The largest absolute Gasteiger partial charge is 0.477 e. The summed E-state index contributed by atoms with van der Waals surface area (Å²) in [5.41, 5.74) is 1.55. The molecular weight excluding hydrogens is 242 g/mol. The minimum absolute atomic E-state index is 0.0492. The Labute approximate surface area is 111 Å². The molecule has 0 spiro atoms. The Morgan fingerprint density at radius 1 is 1.37 bits per heavy atom. The Morgan fingerprint density at radius 3 is 2.58 bits per heavy atom. The summed E-state index contributed by atoms with van der Waals surface area (Å²) >= 11 is 0. The third kappa shape index (κ3) is 2.14. The second-order valence-electron chi connectivity index (χ2n) is 4.84. The van der Waals surface area contributed by atoms with Crippen LogP contribution in [0.2, 0.25) is 0 Å². The van der Waals surface area contributed by atoms with E-state index < -0.39 is 5.97 Å². The number of aryl methyl sites for hydroxylation is 1. The maximum absolute atomic E-state index is 12.1. The first kappa shape index (κ1) is 13.3. The molecule has 0 amide bonds. The Morgan fingerprint density at radius 2 is 2.05 bits per heavy atom. The molecule has 0 aliphatic rings. The van der Waals surface area contributed by atoms with E-state index in [9.17, 15) is 14.7 Å². The van der Waals surface area contributed by atoms with Gasteiger partial charge in [-0.2, -0.15) is 0 Å². The number of benzene rings is 1. The lowest BCUT2D eigenvalue weighted by molar-refractivity contribution is 0.0685. The fraction of sp³-hybridized carbons (Fsp3) is 0.333. The molecule has 2 rings (SSSR count). The number of para-hydroxylation sites is 1. The third-order valence-corrected chi connectivity index (χ3v) is 3.32. The Kier molecular flexibility index (Phi) is 3.42. The molecule has 0 saturated heterocycles. The van der Waals surface area contributed by atoms with Gasteiger partial charge in [0.15, 0.2) is 5.43 Å². The Hall–Kier alpha value is -2.10. The van der Waals surface area contributed by atoms with Gasteiger partial charge in [0.25, 0.3) is 0 Å². The van der Waals surface area contributed by atoms with Crippen molar-refractivity contribution in [1.82, 2.24) is 4.57 Å². The lowest BCUT2D eigenvalue weighted by Gasteiger charge is -2.17. The predicted octanol–water partition coefficient (Wildman–Crippen LogP) is 2.84. The van der Waals surface area contributed by atoms with Crippen molar-refractivity contribution >= 4 is 16.9 Å². The van der Waals surface area contributed by atoms with Crippen LogP contribution in [-0.4, -0.2) is 15.6 Å². The van der Waals surface area contributed by atoms with Crippen molar-refractivity contribution < 1.29 is 9.90 Å². The highest BCUT2D eigenvalue weighted by Gasteiger charge is 2.16. The van der Waals surface area contributed by atoms with Crippen LogP contribution in [0.15, 0.2) is 29.1 Å². The van der Waals surface area contributed by atoms with Gasteiger partial charge in [0.05, 0.1) is 5.52 Å². The van der Waals surface area contributed by atoms with Crippen molar-refractivity contribution in [1.29, 1.82) is 0 Å². The third-order valence-electron chi connectivity index (χ3n) is 3.32. The van der Waals surface area contributed by atoms with E-state index in [1.54, 1.807) is 10.6 Å². The molecule has 19 heavy (non-hydrogen) atoms. The van der Waals surface area contributed by atoms with Crippen LogP contribution >= 0.6 is 0 Å². The van der Waals surface area contributed by atoms with Crippen molar-refractivity contribution in [3.8, 4) is 0 Å². The molecule has 0 unspecified atom stereocenters. The molecule has 0 saturated carbocycles. The highest BCUT2D eigenvalue weighted by Crippen LogP contribution is 2.24. The minimum Gasteiger partial charge on any atom is -0.477 e. The first-order valence-electron chi connectivity index (χ1n) is 6.37. The van der Waals surface area contributed by atoms with Gasteiger partial charge in [-0.15, -0.1) is 0 Å². The number of aromatic nitrogens is 1. The van der Waals surface area contributed by atoms with Gasteiger partial charge in [-0.1, -0.05) is 26.0 Å². The second-order valence-corrected chi connectivity index (χ2v) is 4.84. The van der Waals surface area contributed by atoms with E-state index in [1.165, 1.54) is 6.07 Å². The van der Waals surface area contributed by atoms with Gasteiger partial charge in [0.2, 0.25) is 0 Å². The summed E-state index contributed by atoms with van der Waals surface area (Å²) in [5.74, 6) is -0.843. The summed E-state index contributed by atoms with van der Waals surface area (Å²) in [5, 5.41) is 9.83. The SMILES string of the molecule is CCn1c(C(=O)O)cc(=O)c2cccc(C(C)C)c21. The second kappa shape index (κ2) is 4.88. The fourth-order valence-corrected chi connectivity index (χ4v) is 2.43. The van der Waals surface area contributed by atoms with Crippen LogP contribution in [0.1, 0.15) is 42.7 Å².